The number of H-pyrrole nitrogens is 2. The van der Waals surface area contributed by atoms with Crippen LogP contribution in [0.25, 0.3) is 44.8 Å². The molecular formula is C22H20N8. The van der Waals surface area contributed by atoms with Crippen molar-refractivity contribution in [1.29, 1.82) is 0 Å². The summed E-state index contributed by atoms with van der Waals surface area (Å²) in [5, 5.41) is 8.40. The van der Waals surface area contributed by atoms with Crippen LogP contribution in [0.2, 0.25) is 0 Å². The monoisotopic (exact) mass is 396 g/mol. The van der Waals surface area contributed by atoms with E-state index in [4.69, 9.17) is 4.98 Å². The normalized spacial score (nSPS) is 14.6. The molecule has 1 fully saturated rings. The van der Waals surface area contributed by atoms with Crippen LogP contribution in [0.15, 0.2) is 49.1 Å². The molecule has 6 rings (SSSR count). The second-order valence-corrected chi connectivity index (χ2v) is 7.59. The van der Waals surface area contributed by atoms with Crippen molar-refractivity contribution in [3.8, 4) is 22.6 Å². The second kappa shape index (κ2) is 6.91. The third kappa shape index (κ3) is 2.80. The van der Waals surface area contributed by atoms with Gasteiger partial charge in [0, 0.05) is 43.4 Å². The van der Waals surface area contributed by atoms with Crippen molar-refractivity contribution in [2.24, 2.45) is 0 Å². The highest BCUT2D eigenvalue weighted by Crippen LogP contribution is 2.31. The first kappa shape index (κ1) is 17.1. The van der Waals surface area contributed by atoms with E-state index < -0.39 is 0 Å². The van der Waals surface area contributed by atoms with Gasteiger partial charge < -0.3 is 9.88 Å². The maximum absolute atomic E-state index is 4.76. The third-order valence-electron chi connectivity index (χ3n) is 5.73. The van der Waals surface area contributed by atoms with Crippen LogP contribution in [0.4, 0.5) is 5.69 Å². The van der Waals surface area contributed by atoms with Gasteiger partial charge in [0.25, 0.3) is 0 Å². The fourth-order valence-electron chi connectivity index (χ4n) is 4.20. The number of aromatic nitrogens is 7. The first-order chi connectivity index (χ1) is 14.9. The SMILES string of the molecule is c1cc(-c2cnc3n[nH]c(-c4nc5nccc(N6CCCCC6)c5[nH]4)c3c2)ccn1. The van der Waals surface area contributed by atoms with Gasteiger partial charge in [-0.25, -0.2) is 15.0 Å². The Morgan fingerprint density at radius 1 is 0.867 bits per heavy atom. The Hall–Kier alpha value is -3.81. The van der Waals surface area contributed by atoms with Gasteiger partial charge in [-0.2, -0.15) is 5.10 Å². The number of aromatic amines is 2. The molecule has 0 atom stereocenters. The molecule has 1 aliphatic rings. The summed E-state index contributed by atoms with van der Waals surface area (Å²) < 4.78 is 0. The summed E-state index contributed by atoms with van der Waals surface area (Å²) in [5.74, 6) is 0.720. The molecule has 8 heteroatoms. The van der Waals surface area contributed by atoms with Crippen molar-refractivity contribution in [1.82, 2.24) is 35.1 Å². The fraction of sp³-hybridized carbons (Fsp3) is 0.227. The molecule has 1 aliphatic heterocycles. The van der Waals surface area contributed by atoms with E-state index in [1.54, 1.807) is 12.4 Å². The van der Waals surface area contributed by atoms with E-state index in [1.165, 1.54) is 19.3 Å². The topological polar surface area (TPSA) is 99.3 Å². The van der Waals surface area contributed by atoms with E-state index >= 15 is 0 Å². The van der Waals surface area contributed by atoms with Crippen molar-refractivity contribution in [2.75, 3.05) is 18.0 Å². The zero-order valence-electron chi connectivity index (χ0n) is 16.3. The minimum Gasteiger partial charge on any atom is -0.370 e. The lowest BCUT2D eigenvalue weighted by molar-refractivity contribution is 0.578. The van der Waals surface area contributed by atoms with Crippen LogP contribution in [0.1, 0.15) is 19.3 Å². The maximum Gasteiger partial charge on any atom is 0.181 e. The second-order valence-electron chi connectivity index (χ2n) is 7.59. The fourth-order valence-corrected chi connectivity index (χ4v) is 4.20. The van der Waals surface area contributed by atoms with Crippen LogP contribution >= 0.6 is 0 Å². The number of anilines is 1. The number of rotatable bonds is 3. The molecule has 0 aliphatic carbocycles. The Balaban J connectivity index is 1.47. The minimum absolute atomic E-state index is 0.660. The summed E-state index contributed by atoms with van der Waals surface area (Å²) in [4.78, 5) is 23.8. The molecule has 5 aromatic heterocycles. The molecule has 8 nitrogen and oxygen atoms in total. The zero-order valence-corrected chi connectivity index (χ0v) is 16.3. The molecule has 0 bridgehead atoms. The van der Waals surface area contributed by atoms with Gasteiger partial charge in [0.05, 0.1) is 11.1 Å². The minimum atomic E-state index is 0.660. The molecule has 5 aromatic rings. The zero-order chi connectivity index (χ0) is 19.9. The average molecular weight is 396 g/mol. The summed E-state index contributed by atoms with van der Waals surface area (Å²) in [5.41, 5.74) is 6.40. The molecule has 0 spiro atoms. The number of nitrogens with zero attached hydrogens (tertiary/aromatic N) is 6. The highest BCUT2D eigenvalue weighted by atomic mass is 15.2. The van der Waals surface area contributed by atoms with Gasteiger partial charge in [0.1, 0.15) is 11.2 Å². The van der Waals surface area contributed by atoms with E-state index in [9.17, 15) is 0 Å². The lowest BCUT2D eigenvalue weighted by Gasteiger charge is -2.28. The highest BCUT2D eigenvalue weighted by Gasteiger charge is 2.19. The van der Waals surface area contributed by atoms with Crippen LogP contribution < -0.4 is 4.90 Å². The molecule has 0 aromatic carbocycles. The molecule has 1 saturated heterocycles. The van der Waals surface area contributed by atoms with Crippen LogP contribution in [0.5, 0.6) is 0 Å². The first-order valence-corrected chi connectivity index (χ1v) is 10.2. The summed E-state index contributed by atoms with van der Waals surface area (Å²) in [6, 6.07) is 8.10. The van der Waals surface area contributed by atoms with Gasteiger partial charge in [0.15, 0.2) is 17.1 Å². The maximum atomic E-state index is 4.76. The molecule has 6 heterocycles. The predicted octanol–water partition coefficient (Wildman–Crippen LogP) is 3.95. The Morgan fingerprint density at radius 2 is 1.73 bits per heavy atom. The van der Waals surface area contributed by atoms with E-state index in [1.807, 2.05) is 24.5 Å². The molecule has 0 unspecified atom stereocenters. The van der Waals surface area contributed by atoms with Crippen LogP contribution in [0.3, 0.4) is 0 Å². The Kier molecular flexibility index (Phi) is 3.93. The summed E-state index contributed by atoms with van der Waals surface area (Å²) in [6.07, 6.45) is 11.0. The highest BCUT2D eigenvalue weighted by molar-refractivity contribution is 5.95. The summed E-state index contributed by atoms with van der Waals surface area (Å²) in [6.45, 7) is 2.14. The number of imidazole rings is 1. The standard InChI is InChI=1S/C22H20N8/c1-2-10-30(11-3-1)17-6-9-24-21-19(17)26-22(27-21)18-16-12-15(13-25-20(16)29-28-18)14-4-7-23-8-5-14/h4-9,12-13H,1-3,10-11H2,(H,24,26,27)(H,25,28,29). The lowest BCUT2D eigenvalue weighted by Crippen LogP contribution is -2.29. The van der Waals surface area contributed by atoms with E-state index in [0.29, 0.717) is 11.3 Å². The van der Waals surface area contributed by atoms with Gasteiger partial charge in [-0.3, -0.25) is 10.1 Å². The van der Waals surface area contributed by atoms with Crippen molar-refractivity contribution in [2.45, 2.75) is 19.3 Å². The Labute approximate surface area is 172 Å². The largest absolute Gasteiger partial charge is 0.370 e. The van der Waals surface area contributed by atoms with Crippen LogP contribution in [0, 0.1) is 0 Å². The predicted molar refractivity (Wildman–Crippen MR) is 116 cm³/mol. The summed E-state index contributed by atoms with van der Waals surface area (Å²) >= 11 is 0. The van der Waals surface area contributed by atoms with Crippen LogP contribution in [-0.4, -0.2) is 48.2 Å². The number of piperidine rings is 1. The molecule has 0 saturated carbocycles. The van der Waals surface area contributed by atoms with Crippen molar-refractivity contribution in [3.05, 3.63) is 49.1 Å². The first-order valence-electron chi connectivity index (χ1n) is 10.2. The molecule has 148 valence electrons. The number of hydrogen-bond acceptors (Lipinski definition) is 6. The van der Waals surface area contributed by atoms with Crippen molar-refractivity contribution >= 4 is 27.9 Å². The molecule has 0 radical (unpaired) electrons. The van der Waals surface area contributed by atoms with Gasteiger partial charge in [0.2, 0.25) is 0 Å². The van der Waals surface area contributed by atoms with Crippen molar-refractivity contribution < 1.29 is 0 Å². The number of nitrogens with one attached hydrogen (secondary N) is 2. The van der Waals surface area contributed by atoms with Crippen molar-refractivity contribution in [3.63, 3.8) is 0 Å². The summed E-state index contributed by atoms with van der Waals surface area (Å²) in [7, 11) is 0. The Bertz CT molecular complexity index is 1330. The van der Waals surface area contributed by atoms with E-state index in [-0.39, 0.29) is 0 Å². The van der Waals surface area contributed by atoms with Crippen LogP contribution in [-0.2, 0) is 0 Å². The molecule has 2 N–H and O–H groups in total. The van der Waals surface area contributed by atoms with Gasteiger partial charge in [-0.15, -0.1) is 0 Å². The number of hydrogen-bond donors (Lipinski definition) is 2. The van der Waals surface area contributed by atoms with E-state index in [2.05, 4.69) is 47.2 Å². The molecule has 30 heavy (non-hydrogen) atoms. The molecule has 0 amide bonds. The van der Waals surface area contributed by atoms with E-state index in [0.717, 1.165) is 52.3 Å². The number of fused-ring (bicyclic) bond motifs is 2. The smallest absolute Gasteiger partial charge is 0.181 e. The Morgan fingerprint density at radius 3 is 2.60 bits per heavy atom. The van der Waals surface area contributed by atoms with Gasteiger partial charge in [-0.1, -0.05) is 0 Å². The third-order valence-corrected chi connectivity index (χ3v) is 5.73. The van der Waals surface area contributed by atoms with Gasteiger partial charge in [-0.05, 0) is 49.1 Å². The molecular weight excluding hydrogens is 376 g/mol. The number of pyridine rings is 3. The lowest BCUT2D eigenvalue weighted by atomic mass is 10.1. The average Bonchev–Trinajstić information content (AvgIpc) is 3.43. The van der Waals surface area contributed by atoms with Gasteiger partial charge >= 0.3 is 0 Å². The quantitative estimate of drug-likeness (QED) is 0.479.